The molecule has 2 unspecified atom stereocenters. The van der Waals surface area contributed by atoms with E-state index in [0.717, 1.165) is 18.7 Å². The second kappa shape index (κ2) is 5.11. The van der Waals surface area contributed by atoms with Crippen molar-refractivity contribution in [3.63, 3.8) is 0 Å². The van der Waals surface area contributed by atoms with Crippen LogP contribution in [0.5, 0.6) is 0 Å². The molecule has 1 aromatic carbocycles. The van der Waals surface area contributed by atoms with Crippen LogP contribution >= 0.6 is 12.4 Å². The minimum Gasteiger partial charge on any atom is -0.464 e. The van der Waals surface area contributed by atoms with Gasteiger partial charge in [-0.05, 0) is 43.0 Å². The Morgan fingerprint density at radius 1 is 1.29 bits per heavy atom. The number of fused-ring (bicyclic) bond motifs is 1. The third-order valence-corrected chi connectivity index (χ3v) is 3.69. The van der Waals surface area contributed by atoms with Crippen LogP contribution in [0, 0.1) is 5.92 Å². The van der Waals surface area contributed by atoms with E-state index >= 15 is 0 Å². The lowest BCUT2D eigenvalue weighted by Crippen LogP contribution is -2.33. The molecule has 0 saturated carbocycles. The second-order valence-corrected chi connectivity index (χ2v) is 4.76. The number of para-hydroxylation sites is 1. The van der Waals surface area contributed by atoms with E-state index in [2.05, 4.69) is 30.4 Å². The van der Waals surface area contributed by atoms with Crippen LogP contribution in [-0.2, 0) is 0 Å². The van der Waals surface area contributed by atoms with Crippen LogP contribution in [0.1, 0.15) is 24.8 Å². The molecule has 1 aromatic heterocycles. The predicted molar refractivity (Wildman–Crippen MR) is 72.9 cm³/mol. The molecule has 2 atom stereocenters. The summed E-state index contributed by atoms with van der Waals surface area (Å²) in [6.45, 7) is 4.55. The fraction of sp³-hybridized carbons (Fsp3) is 0.429. The normalized spacial score (nSPS) is 24.5. The third kappa shape index (κ3) is 2.20. The topological polar surface area (TPSA) is 25.2 Å². The van der Waals surface area contributed by atoms with E-state index in [0.29, 0.717) is 11.8 Å². The van der Waals surface area contributed by atoms with Gasteiger partial charge in [0.25, 0.3) is 0 Å². The lowest BCUT2D eigenvalue weighted by molar-refractivity contribution is 0.349. The van der Waals surface area contributed by atoms with Gasteiger partial charge in [-0.3, -0.25) is 0 Å². The molecule has 3 rings (SSSR count). The highest BCUT2D eigenvalue weighted by atomic mass is 35.5. The second-order valence-electron chi connectivity index (χ2n) is 4.76. The molecule has 0 radical (unpaired) electrons. The number of benzene rings is 1. The fourth-order valence-corrected chi connectivity index (χ4v) is 2.78. The molecule has 2 aromatic rings. The highest BCUT2D eigenvalue weighted by molar-refractivity contribution is 5.85. The number of nitrogens with one attached hydrogen (secondary N) is 1. The van der Waals surface area contributed by atoms with Crippen LogP contribution in [0.2, 0.25) is 0 Å². The smallest absolute Gasteiger partial charge is 0.137 e. The summed E-state index contributed by atoms with van der Waals surface area (Å²) in [6.07, 6.45) is 3.00. The van der Waals surface area contributed by atoms with Gasteiger partial charge in [-0.15, -0.1) is 12.4 Å². The highest BCUT2D eigenvalue weighted by Crippen LogP contribution is 2.34. The lowest BCUT2D eigenvalue weighted by atomic mass is 9.82. The third-order valence-electron chi connectivity index (χ3n) is 3.69. The highest BCUT2D eigenvalue weighted by Gasteiger charge is 2.24. The van der Waals surface area contributed by atoms with Crippen molar-refractivity contribution in [1.29, 1.82) is 0 Å². The molecule has 2 heterocycles. The number of rotatable bonds is 1. The quantitative estimate of drug-likeness (QED) is 0.838. The van der Waals surface area contributed by atoms with Gasteiger partial charge in [-0.1, -0.05) is 25.1 Å². The van der Waals surface area contributed by atoms with E-state index in [4.69, 9.17) is 4.42 Å². The van der Waals surface area contributed by atoms with Gasteiger partial charge in [0.1, 0.15) is 5.58 Å². The Balaban J connectivity index is 0.00000108. The van der Waals surface area contributed by atoms with Crippen molar-refractivity contribution in [2.75, 3.05) is 13.1 Å². The molecule has 1 aliphatic rings. The Morgan fingerprint density at radius 3 is 3.00 bits per heavy atom. The maximum atomic E-state index is 5.63. The average Bonchev–Trinajstić information content (AvgIpc) is 2.77. The van der Waals surface area contributed by atoms with Crippen molar-refractivity contribution < 1.29 is 4.42 Å². The zero-order chi connectivity index (χ0) is 11.0. The van der Waals surface area contributed by atoms with E-state index in [9.17, 15) is 0 Å². The zero-order valence-electron chi connectivity index (χ0n) is 9.98. The van der Waals surface area contributed by atoms with Crippen molar-refractivity contribution >= 4 is 23.4 Å². The summed E-state index contributed by atoms with van der Waals surface area (Å²) in [6, 6.07) is 8.53. The van der Waals surface area contributed by atoms with E-state index in [1.165, 1.54) is 17.4 Å². The number of halogens is 1. The van der Waals surface area contributed by atoms with Gasteiger partial charge in [0.2, 0.25) is 0 Å². The number of hydrogen-bond acceptors (Lipinski definition) is 2. The van der Waals surface area contributed by atoms with E-state index < -0.39 is 0 Å². The average molecular weight is 252 g/mol. The van der Waals surface area contributed by atoms with Crippen molar-refractivity contribution in [1.82, 2.24) is 5.32 Å². The van der Waals surface area contributed by atoms with Gasteiger partial charge in [0, 0.05) is 5.39 Å². The molecule has 2 nitrogen and oxygen atoms in total. The Bertz CT molecular complexity index is 494. The minimum absolute atomic E-state index is 0. The predicted octanol–water partition coefficient (Wildman–Crippen LogP) is 3.57. The molecule has 92 valence electrons. The monoisotopic (exact) mass is 251 g/mol. The van der Waals surface area contributed by atoms with E-state index in [1.807, 2.05) is 6.07 Å². The number of hydrogen-bond donors (Lipinski definition) is 1. The van der Waals surface area contributed by atoms with Gasteiger partial charge >= 0.3 is 0 Å². The Labute approximate surface area is 108 Å². The molecule has 1 fully saturated rings. The molecule has 0 aliphatic carbocycles. The molecule has 0 amide bonds. The first-order valence-corrected chi connectivity index (χ1v) is 6.03. The molecule has 17 heavy (non-hydrogen) atoms. The van der Waals surface area contributed by atoms with E-state index in [1.54, 1.807) is 6.26 Å². The Kier molecular flexibility index (Phi) is 3.75. The standard InChI is InChI=1S/C14H17NO.ClH/c1-10-9-15-7-5-12(10)13-4-2-3-11-6-8-16-14(11)13;/h2-4,6,8,10,12,15H,5,7,9H2,1H3;1H. The Hall–Kier alpha value is -0.990. The summed E-state index contributed by atoms with van der Waals surface area (Å²) >= 11 is 0. The van der Waals surface area contributed by atoms with Crippen LogP contribution in [0.4, 0.5) is 0 Å². The first kappa shape index (κ1) is 12.5. The summed E-state index contributed by atoms with van der Waals surface area (Å²) in [5.74, 6) is 1.32. The van der Waals surface area contributed by atoms with Crippen LogP contribution in [0.15, 0.2) is 34.9 Å². The molecular weight excluding hydrogens is 234 g/mol. The first-order chi connectivity index (χ1) is 7.86. The van der Waals surface area contributed by atoms with Crippen molar-refractivity contribution in [3.05, 3.63) is 36.1 Å². The maximum Gasteiger partial charge on any atom is 0.137 e. The Morgan fingerprint density at radius 2 is 2.18 bits per heavy atom. The minimum atomic E-state index is 0. The fourth-order valence-electron chi connectivity index (χ4n) is 2.78. The molecule has 3 heteroatoms. The lowest BCUT2D eigenvalue weighted by Gasteiger charge is -2.29. The summed E-state index contributed by atoms with van der Waals surface area (Å²) in [5, 5.41) is 4.67. The van der Waals surface area contributed by atoms with E-state index in [-0.39, 0.29) is 12.4 Å². The number of piperidine rings is 1. The van der Waals surface area contributed by atoms with Crippen molar-refractivity contribution in [2.45, 2.75) is 19.3 Å². The molecule has 0 bridgehead atoms. The SMILES string of the molecule is CC1CNCCC1c1cccc2ccoc12.Cl. The van der Waals surface area contributed by atoms with Crippen LogP contribution < -0.4 is 5.32 Å². The summed E-state index contributed by atoms with van der Waals surface area (Å²) in [5.41, 5.74) is 2.47. The summed E-state index contributed by atoms with van der Waals surface area (Å²) in [4.78, 5) is 0. The molecule has 1 aliphatic heterocycles. The summed E-state index contributed by atoms with van der Waals surface area (Å²) in [7, 11) is 0. The molecule has 1 saturated heterocycles. The molecular formula is C14H18ClNO. The van der Waals surface area contributed by atoms with Crippen LogP contribution in [-0.4, -0.2) is 13.1 Å². The summed E-state index contributed by atoms with van der Waals surface area (Å²) < 4.78 is 5.63. The van der Waals surface area contributed by atoms with Gasteiger partial charge < -0.3 is 9.73 Å². The van der Waals surface area contributed by atoms with Crippen LogP contribution in [0.3, 0.4) is 0 Å². The van der Waals surface area contributed by atoms with Gasteiger partial charge in [-0.25, -0.2) is 0 Å². The maximum absolute atomic E-state index is 5.63. The van der Waals surface area contributed by atoms with Gasteiger partial charge in [0.05, 0.1) is 6.26 Å². The zero-order valence-corrected chi connectivity index (χ0v) is 10.8. The van der Waals surface area contributed by atoms with Gasteiger partial charge in [0.15, 0.2) is 0 Å². The van der Waals surface area contributed by atoms with Crippen molar-refractivity contribution in [3.8, 4) is 0 Å². The van der Waals surface area contributed by atoms with Crippen molar-refractivity contribution in [2.24, 2.45) is 5.92 Å². The van der Waals surface area contributed by atoms with Gasteiger partial charge in [-0.2, -0.15) is 0 Å². The molecule has 0 spiro atoms. The number of furan rings is 1. The first-order valence-electron chi connectivity index (χ1n) is 6.03. The molecule has 1 N–H and O–H groups in total. The van der Waals surface area contributed by atoms with Crippen LogP contribution in [0.25, 0.3) is 11.0 Å². The largest absolute Gasteiger partial charge is 0.464 e.